The first-order valence-electron chi connectivity index (χ1n) is 6.96. The molecule has 3 heteroatoms. The van der Waals surface area contributed by atoms with Gasteiger partial charge in [-0.2, -0.15) is 11.8 Å². The van der Waals surface area contributed by atoms with Crippen LogP contribution in [-0.2, 0) is 0 Å². The Hall–Kier alpha value is -0.670. The van der Waals surface area contributed by atoms with Crippen molar-refractivity contribution >= 4 is 17.4 Å². The van der Waals surface area contributed by atoms with E-state index in [0.29, 0.717) is 0 Å². The Bertz CT molecular complexity index is 363. The summed E-state index contributed by atoms with van der Waals surface area (Å²) in [5.74, 6) is 1.24. The van der Waals surface area contributed by atoms with Crippen molar-refractivity contribution in [3.05, 3.63) is 29.8 Å². The van der Waals surface area contributed by atoms with Crippen molar-refractivity contribution in [3.63, 3.8) is 0 Å². The molecule has 100 valence electrons. The molecule has 1 aliphatic rings. The van der Waals surface area contributed by atoms with Crippen LogP contribution < -0.4 is 10.6 Å². The van der Waals surface area contributed by atoms with E-state index in [9.17, 15) is 0 Å². The van der Waals surface area contributed by atoms with Crippen LogP contribution in [0, 0.1) is 0 Å². The first-order valence-corrected chi connectivity index (χ1v) is 8.01. The molecule has 2 N–H and O–H groups in total. The zero-order valence-corrected chi connectivity index (χ0v) is 12.2. The molecule has 0 radical (unpaired) electrons. The maximum atomic E-state index is 6.05. The molecule has 2 rings (SSSR count). The number of rotatable bonds is 4. The molecule has 0 amide bonds. The number of thioether (sulfide) groups is 1. The van der Waals surface area contributed by atoms with Crippen LogP contribution in [0.1, 0.15) is 38.3 Å². The van der Waals surface area contributed by atoms with Gasteiger partial charge in [0, 0.05) is 35.8 Å². The molecule has 0 saturated carbocycles. The van der Waals surface area contributed by atoms with Crippen LogP contribution >= 0.6 is 11.8 Å². The topological polar surface area (TPSA) is 29.3 Å². The van der Waals surface area contributed by atoms with E-state index in [1.807, 2.05) is 0 Å². The minimum Gasteiger partial charge on any atom is -0.370 e. The second-order valence-corrected chi connectivity index (χ2v) is 6.36. The maximum Gasteiger partial charge on any atom is 0.0367 e. The maximum absolute atomic E-state index is 6.05. The van der Waals surface area contributed by atoms with Gasteiger partial charge in [0.2, 0.25) is 0 Å². The van der Waals surface area contributed by atoms with Gasteiger partial charge in [-0.25, -0.2) is 0 Å². The summed E-state index contributed by atoms with van der Waals surface area (Å²) in [6.07, 6.45) is 2.26. The van der Waals surface area contributed by atoms with E-state index in [2.05, 4.69) is 54.8 Å². The van der Waals surface area contributed by atoms with Crippen molar-refractivity contribution in [1.29, 1.82) is 0 Å². The van der Waals surface area contributed by atoms with Gasteiger partial charge in [-0.3, -0.25) is 0 Å². The van der Waals surface area contributed by atoms with Crippen molar-refractivity contribution < 1.29 is 0 Å². The van der Waals surface area contributed by atoms with Crippen molar-refractivity contribution in [3.8, 4) is 0 Å². The molecule has 2 atom stereocenters. The summed E-state index contributed by atoms with van der Waals surface area (Å²) < 4.78 is 0. The molecule has 0 aromatic heterocycles. The Labute approximate surface area is 115 Å². The number of anilines is 1. The number of benzene rings is 1. The van der Waals surface area contributed by atoms with Gasteiger partial charge in [-0.15, -0.1) is 0 Å². The Morgan fingerprint density at radius 1 is 1.33 bits per heavy atom. The fourth-order valence-electron chi connectivity index (χ4n) is 2.37. The van der Waals surface area contributed by atoms with Gasteiger partial charge in [0.05, 0.1) is 0 Å². The van der Waals surface area contributed by atoms with E-state index in [0.717, 1.165) is 11.7 Å². The predicted octanol–water partition coefficient (Wildman–Crippen LogP) is 3.43. The highest BCUT2D eigenvalue weighted by Gasteiger charge is 2.19. The van der Waals surface area contributed by atoms with Gasteiger partial charge in [0.15, 0.2) is 0 Å². The normalized spacial score (nSPS) is 21.9. The monoisotopic (exact) mass is 264 g/mol. The molecular formula is C15H24N2S. The van der Waals surface area contributed by atoms with E-state index in [-0.39, 0.29) is 6.04 Å². The van der Waals surface area contributed by atoms with E-state index in [4.69, 9.17) is 5.73 Å². The lowest BCUT2D eigenvalue weighted by atomic mass is 10.0. The van der Waals surface area contributed by atoms with Gasteiger partial charge in [0.1, 0.15) is 0 Å². The fraction of sp³-hybridized carbons (Fsp3) is 0.600. The SMILES string of the molecule is CCC1CN(c2ccc([C@@H](N)CC)cc2)CCS1. The highest BCUT2D eigenvalue weighted by molar-refractivity contribution is 8.00. The average molecular weight is 264 g/mol. The van der Waals surface area contributed by atoms with Crippen molar-refractivity contribution in [2.75, 3.05) is 23.7 Å². The van der Waals surface area contributed by atoms with Crippen LogP contribution in [0.15, 0.2) is 24.3 Å². The Morgan fingerprint density at radius 2 is 2.06 bits per heavy atom. The zero-order valence-electron chi connectivity index (χ0n) is 11.4. The molecule has 1 saturated heterocycles. The third kappa shape index (κ3) is 3.21. The first kappa shape index (κ1) is 13.8. The third-order valence-electron chi connectivity index (χ3n) is 3.72. The molecule has 0 aliphatic carbocycles. The van der Waals surface area contributed by atoms with Gasteiger partial charge in [-0.05, 0) is 30.5 Å². The van der Waals surface area contributed by atoms with Crippen molar-refractivity contribution in [1.82, 2.24) is 0 Å². The van der Waals surface area contributed by atoms with E-state index in [1.165, 1.54) is 36.5 Å². The molecule has 1 aliphatic heterocycles. The molecule has 0 bridgehead atoms. The summed E-state index contributed by atoms with van der Waals surface area (Å²) in [6.45, 7) is 6.76. The minimum atomic E-state index is 0.180. The van der Waals surface area contributed by atoms with E-state index < -0.39 is 0 Å². The van der Waals surface area contributed by atoms with Crippen molar-refractivity contribution in [2.24, 2.45) is 5.73 Å². The number of nitrogens with two attached hydrogens (primary N) is 1. The highest BCUT2D eigenvalue weighted by Crippen LogP contribution is 2.26. The zero-order chi connectivity index (χ0) is 13.0. The van der Waals surface area contributed by atoms with Gasteiger partial charge < -0.3 is 10.6 Å². The number of hydrogen-bond donors (Lipinski definition) is 1. The summed E-state index contributed by atoms with van der Waals surface area (Å²) in [5, 5.41) is 0.788. The van der Waals surface area contributed by atoms with Gasteiger partial charge >= 0.3 is 0 Å². The molecular weight excluding hydrogens is 240 g/mol. The Kier molecular flexibility index (Phi) is 4.95. The summed E-state index contributed by atoms with van der Waals surface area (Å²) in [4.78, 5) is 2.51. The second kappa shape index (κ2) is 6.48. The fourth-order valence-corrected chi connectivity index (χ4v) is 3.55. The lowest BCUT2D eigenvalue weighted by Crippen LogP contribution is -2.37. The minimum absolute atomic E-state index is 0.180. The van der Waals surface area contributed by atoms with Crippen molar-refractivity contribution in [2.45, 2.75) is 38.0 Å². The lowest BCUT2D eigenvalue weighted by Gasteiger charge is -2.33. The van der Waals surface area contributed by atoms with Crippen LogP contribution in [0.2, 0.25) is 0 Å². The number of hydrogen-bond acceptors (Lipinski definition) is 3. The molecule has 0 spiro atoms. The summed E-state index contributed by atoms with van der Waals surface area (Å²) >= 11 is 2.11. The molecule has 1 aromatic carbocycles. The van der Waals surface area contributed by atoms with Crippen LogP contribution in [0.3, 0.4) is 0 Å². The van der Waals surface area contributed by atoms with Crippen LogP contribution in [-0.4, -0.2) is 24.1 Å². The predicted molar refractivity (Wildman–Crippen MR) is 82.4 cm³/mol. The van der Waals surface area contributed by atoms with Gasteiger partial charge in [-0.1, -0.05) is 26.0 Å². The Morgan fingerprint density at radius 3 is 2.67 bits per heavy atom. The molecule has 18 heavy (non-hydrogen) atoms. The summed E-state index contributed by atoms with van der Waals surface area (Å²) in [7, 11) is 0. The molecule has 1 aromatic rings. The summed E-state index contributed by atoms with van der Waals surface area (Å²) in [6, 6.07) is 9.01. The van der Waals surface area contributed by atoms with Crippen LogP contribution in [0.5, 0.6) is 0 Å². The standard InChI is InChI=1S/C15H24N2S/c1-3-14-11-17(9-10-18-14)13-7-5-12(6-8-13)15(16)4-2/h5-8,14-15H,3-4,9-11,16H2,1-2H3/t14?,15-/m0/s1. The number of nitrogens with zero attached hydrogens (tertiary/aromatic N) is 1. The third-order valence-corrected chi connectivity index (χ3v) is 5.09. The summed E-state index contributed by atoms with van der Waals surface area (Å²) in [5.41, 5.74) is 8.65. The first-order chi connectivity index (χ1) is 8.74. The second-order valence-electron chi connectivity index (χ2n) is 4.95. The molecule has 2 nitrogen and oxygen atoms in total. The molecule has 1 heterocycles. The average Bonchev–Trinajstić information content (AvgIpc) is 2.46. The van der Waals surface area contributed by atoms with Crippen LogP contribution in [0.4, 0.5) is 5.69 Å². The van der Waals surface area contributed by atoms with Crippen LogP contribution in [0.25, 0.3) is 0 Å². The molecule has 1 unspecified atom stereocenters. The highest BCUT2D eigenvalue weighted by atomic mass is 32.2. The van der Waals surface area contributed by atoms with E-state index >= 15 is 0 Å². The van der Waals surface area contributed by atoms with Gasteiger partial charge in [0.25, 0.3) is 0 Å². The smallest absolute Gasteiger partial charge is 0.0367 e. The largest absolute Gasteiger partial charge is 0.370 e. The quantitative estimate of drug-likeness (QED) is 0.903. The Balaban J connectivity index is 2.04. The van der Waals surface area contributed by atoms with E-state index in [1.54, 1.807) is 0 Å². The lowest BCUT2D eigenvalue weighted by molar-refractivity contribution is 0.697. The molecule has 1 fully saturated rings.